The van der Waals surface area contributed by atoms with Crippen LogP contribution in [0.5, 0.6) is 11.5 Å². The van der Waals surface area contributed by atoms with Crippen LogP contribution in [-0.4, -0.2) is 58.1 Å². The van der Waals surface area contributed by atoms with Crippen LogP contribution in [0.2, 0.25) is 5.02 Å². The van der Waals surface area contributed by atoms with Gasteiger partial charge in [-0.1, -0.05) is 23.7 Å². The van der Waals surface area contributed by atoms with Gasteiger partial charge in [-0.2, -0.15) is 27.1 Å². The Balaban J connectivity index is 1.79. The van der Waals surface area contributed by atoms with E-state index in [1.165, 1.54) is 31.4 Å². The van der Waals surface area contributed by atoms with Gasteiger partial charge in [-0.25, -0.2) is 9.67 Å². The molecular weight excluding hydrogens is 617 g/mol. The maximum absolute atomic E-state index is 14.6. The van der Waals surface area contributed by atoms with Gasteiger partial charge in [0.05, 0.1) is 32.4 Å². The summed E-state index contributed by atoms with van der Waals surface area (Å²) in [4.78, 5) is 29.0. The molecule has 0 spiro atoms. The van der Waals surface area contributed by atoms with Crippen molar-refractivity contribution in [3.8, 4) is 22.8 Å². The van der Waals surface area contributed by atoms with E-state index < -0.39 is 48.8 Å². The first-order valence-electron chi connectivity index (χ1n) is 12.8. The van der Waals surface area contributed by atoms with E-state index in [1.54, 1.807) is 6.92 Å². The Kier molecular flexibility index (Phi) is 9.30. The van der Waals surface area contributed by atoms with E-state index in [0.29, 0.717) is 9.70 Å². The lowest BCUT2D eigenvalue weighted by atomic mass is 9.93. The Morgan fingerprint density at radius 2 is 1.84 bits per heavy atom. The number of amides is 2. The molecule has 16 heteroatoms. The minimum atomic E-state index is -5.40. The maximum atomic E-state index is 14.6. The van der Waals surface area contributed by atoms with Crippen molar-refractivity contribution in [3.05, 3.63) is 70.5 Å². The first-order chi connectivity index (χ1) is 20.7. The number of hydrogen-bond donors (Lipinski definition) is 3. The third kappa shape index (κ3) is 6.53. The first kappa shape index (κ1) is 32.4. The molecule has 4 aromatic rings. The second-order valence-corrected chi connectivity index (χ2v) is 9.91. The zero-order valence-electron chi connectivity index (χ0n) is 23.1. The van der Waals surface area contributed by atoms with E-state index in [1.807, 2.05) is 5.32 Å². The van der Waals surface area contributed by atoms with E-state index in [-0.39, 0.29) is 51.4 Å². The number of nitrogens with two attached hydrogens (primary N) is 1. The van der Waals surface area contributed by atoms with Gasteiger partial charge in [0.2, 0.25) is 11.5 Å². The number of alkyl halides is 5. The summed E-state index contributed by atoms with van der Waals surface area (Å²) in [5.41, 5.74) is 0.371. The predicted octanol–water partition coefficient (Wildman–Crippen LogP) is 4.76. The van der Waals surface area contributed by atoms with Crippen molar-refractivity contribution in [1.82, 2.24) is 20.1 Å². The van der Waals surface area contributed by atoms with Gasteiger partial charge in [-0.3, -0.25) is 9.59 Å². The number of carbonyl (C=O) groups excluding carboxylic acids is 2. The highest BCUT2D eigenvalue weighted by Crippen LogP contribution is 2.42. The third-order valence-electron chi connectivity index (χ3n) is 6.49. The van der Waals surface area contributed by atoms with Gasteiger partial charge in [0.15, 0.2) is 0 Å². The number of primary amides is 1. The van der Waals surface area contributed by atoms with Gasteiger partial charge < -0.3 is 25.6 Å². The molecule has 4 rings (SSSR count). The Labute approximate surface area is 251 Å². The number of rotatable bonds is 11. The zero-order valence-corrected chi connectivity index (χ0v) is 23.8. The molecule has 2 aromatic carbocycles. The van der Waals surface area contributed by atoms with Crippen molar-refractivity contribution < 1.29 is 46.1 Å². The van der Waals surface area contributed by atoms with Gasteiger partial charge in [0.1, 0.15) is 22.7 Å². The summed E-state index contributed by atoms with van der Waals surface area (Å²) >= 11 is 5.96. The van der Waals surface area contributed by atoms with Crippen LogP contribution in [0.25, 0.3) is 22.2 Å². The van der Waals surface area contributed by atoms with Gasteiger partial charge >= 0.3 is 12.7 Å². The van der Waals surface area contributed by atoms with Gasteiger partial charge in [0.25, 0.3) is 5.91 Å². The second kappa shape index (κ2) is 12.6. The summed E-state index contributed by atoms with van der Waals surface area (Å²) in [6, 6.07) is 8.90. The molecule has 44 heavy (non-hydrogen) atoms. The number of hydrogen-bond acceptors (Lipinski definition) is 7. The number of ether oxygens (including phenoxy) is 2. The lowest BCUT2D eigenvalue weighted by Gasteiger charge is -2.31. The van der Waals surface area contributed by atoms with Crippen LogP contribution < -0.4 is 20.5 Å². The average molecular weight is 642 g/mol. The fourth-order valence-corrected chi connectivity index (χ4v) is 4.51. The summed E-state index contributed by atoms with van der Waals surface area (Å²) in [7, 11) is 1.19. The fourth-order valence-electron chi connectivity index (χ4n) is 4.38. The molecule has 0 saturated heterocycles. The molecule has 0 aliphatic heterocycles. The van der Waals surface area contributed by atoms with Crippen molar-refractivity contribution in [2.24, 2.45) is 5.73 Å². The second-order valence-electron chi connectivity index (χ2n) is 9.47. The summed E-state index contributed by atoms with van der Waals surface area (Å²) in [6.45, 7) is -2.76. The number of aromatic nitrogens is 3. The SMILES string of the molecule is CCOc1c(CC(N)=O)cc([C@@](O)(CNC(=O)c2cc(OC)c3nn(C(F)F)cc3c2)C(F)(F)F)nc1-c1ccc(Cl)cc1. The number of pyridine rings is 1. The number of halogens is 6. The van der Waals surface area contributed by atoms with Crippen LogP contribution in [0.3, 0.4) is 0 Å². The normalized spacial score (nSPS) is 13.1. The van der Waals surface area contributed by atoms with Crippen LogP contribution in [0.1, 0.15) is 35.1 Å². The molecule has 0 aliphatic carbocycles. The molecule has 0 unspecified atom stereocenters. The summed E-state index contributed by atoms with van der Waals surface area (Å²) < 4.78 is 81.2. The summed E-state index contributed by atoms with van der Waals surface area (Å²) in [6.07, 6.45) is -5.02. The molecule has 10 nitrogen and oxygen atoms in total. The number of aliphatic hydroxyl groups is 1. The average Bonchev–Trinajstić information content (AvgIpc) is 3.40. The number of carbonyl (C=O) groups is 2. The summed E-state index contributed by atoms with van der Waals surface area (Å²) in [5.74, 6) is -2.11. The zero-order chi connectivity index (χ0) is 32.4. The van der Waals surface area contributed by atoms with Crippen LogP contribution >= 0.6 is 11.6 Å². The molecule has 2 amide bonds. The van der Waals surface area contributed by atoms with Crippen LogP contribution in [0.4, 0.5) is 22.0 Å². The molecule has 2 heterocycles. The smallest absolute Gasteiger partial charge is 0.424 e. The molecule has 0 saturated carbocycles. The van der Waals surface area contributed by atoms with Gasteiger partial charge in [0, 0.05) is 33.3 Å². The largest absolute Gasteiger partial charge is 0.494 e. The quantitative estimate of drug-likeness (QED) is 0.201. The number of methoxy groups -OCH3 is 1. The van der Waals surface area contributed by atoms with E-state index >= 15 is 0 Å². The lowest BCUT2D eigenvalue weighted by molar-refractivity contribution is -0.265. The first-order valence-corrected chi connectivity index (χ1v) is 13.2. The van der Waals surface area contributed by atoms with Crippen molar-refractivity contribution in [3.63, 3.8) is 0 Å². The Morgan fingerprint density at radius 1 is 1.16 bits per heavy atom. The summed E-state index contributed by atoms with van der Waals surface area (Å²) in [5, 5.41) is 17.3. The van der Waals surface area contributed by atoms with Crippen LogP contribution in [-0.2, 0) is 16.8 Å². The molecule has 234 valence electrons. The lowest BCUT2D eigenvalue weighted by Crippen LogP contribution is -2.51. The van der Waals surface area contributed by atoms with Crippen LogP contribution in [0, 0.1) is 0 Å². The highest BCUT2D eigenvalue weighted by atomic mass is 35.5. The molecule has 0 aliphatic rings. The van der Waals surface area contributed by atoms with Crippen molar-refractivity contribution in [2.45, 2.75) is 31.7 Å². The standard InChI is InChI=1S/C28H25ClF5N5O5/c1-3-44-24-15(11-21(35)40)10-20(37-23(24)14-4-6-18(29)7-5-14)27(42,28(32,33)34)13-36-25(41)16-8-17-12-39(26(30)31)38-22(17)19(9-16)43-2/h4-10,12,26,42H,3,11,13H2,1-2H3,(H2,35,40)(H,36,41)/t27-/m0/s1. The molecular formula is C28H25ClF5N5O5. The minimum absolute atomic E-state index is 0.00792. The molecule has 1 atom stereocenters. The van der Waals surface area contributed by atoms with E-state index in [0.717, 1.165) is 24.4 Å². The monoisotopic (exact) mass is 641 g/mol. The van der Waals surface area contributed by atoms with Gasteiger partial charge in [-0.05, 0) is 37.3 Å². The van der Waals surface area contributed by atoms with E-state index in [4.69, 9.17) is 26.8 Å². The molecule has 4 N–H and O–H groups in total. The highest BCUT2D eigenvalue weighted by Gasteiger charge is 2.56. The number of benzene rings is 2. The van der Waals surface area contributed by atoms with Crippen molar-refractivity contribution in [2.75, 3.05) is 20.3 Å². The predicted molar refractivity (Wildman–Crippen MR) is 149 cm³/mol. The number of nitrogens with zero attached hydrogens (tertiary/aromatic N) is 3. The molecule has 2 aromatic heterocycles. The Morgan fingerprint density at radius 3 is 2.41 bits per heavy atom. The molecule has 0 radical (unpaired) electrons. The minimum Gasteiger partial charge on any atom is -0.494 e. The molecule has 0 fully saturated rings. The van der Waals surface area contributed by atoms with E-state index in [9.17, 15) is 36.6 Å². The van der Waals surface area contributed by atoms with Crippen molar-refractivity contribution >= 4 is 34.3 Å². The topological polar surface area (TPSA) is 142 Å². The van der Waals surface area contributed by atoms with Crippen LogP contribution in [0.15, 0.2) is 48.7 Å². The number of fused-ring (bicyclic) bond motifs is 1. The Bertz CT molecular complexity index is 1700. The third-order valence-corrected chi connectivity index (χ3v) is 6.74. The highest BCUT2D eigenvalue weighted by molar-refractivity contribution is 6.30. The maximum Gasteiger partial charge on any atom is 0.424 e. The van der Waals surface area contributed by atoms with E-state index in [2.05, 4.69) is 10.1 Å². The fraction of sp³-hybridized carbons (Fsp3) is 0.286. The van der Waals surface area contributed by atoms with Crippen molar-refractivity contribution in [1.29, 1.82) is 0 Å². The van der Waals surface area contributed by atoms with Gasteiger partial charge in [-0.15, -0.1) is 0 Å². The Hall–Kier alpha value is -4.50. The number of nitrogens with one attached hydrogen (secondary N) is 1. The molecule has 0 bridgehead atoms.